The Kier molecular flexibility index (Phi) is 4.77. The highest BCUT2D eigenvalue weighted by atomic mass is 16.5. The number of benzene rings is 1. The molecule has 0 fully saturated rings. The van der Waals surface area contributed by atoms with Gasteiger partial charge in [-0.1, -0.05) is 19.9 Å². The number of nitrogen functional groups attached to an aromatic ring is 1. The Morgan fingerprint density at radius 3 is 2.67 bits per heavy atom. The van der Waals surface area contributed by atoms with Gasteiger partial charge in [-0.25, -0.2) is 4.68 Å². The van der Waals surface area contributed by atoms with E-state index in [2.05, 4.69) is 36.3 Å². The Morgan fingerprint density at radius 2 is 2.00 bits per heavy atom. The molecule has 0 saturated carbocycles. The normalized spacial score (nSPS) is 12.6. The van der Waals surface area contributed by atoms with Crippen LogP contribution in [0.1, 0.15) is 39.7 Å². The van der Waals surface area contributed by atoms with E-state index in [1.807, 2.05) is 22.9 Å². The minimum Gasteiger partial charge on any atom is -0.496 e. The molecule has 0 aliphatic rings. The SMILES string of the molecule is COc1cccc(N)c1-c1nnnn1C(C)CCC(C)C. The van der Waals surface area contributed by atoms with Gasteiger partial charge in [0.05, 0.1) is 18.7 Å². The monoisotopic (exact) mass is 289 g/mol. The average molecular weight is 289 g/mol. The van der Waals surface area contributed by atoms with Gasteiger partial charge in [0.2, 0.25) is 0 Å². The maximum absolute atomic E-state index is 6.09. The molecule has 0 aliphatic carbocycles. The quantitative estimate of drug-likeness (QED) is 0.827. The summed E-state index contributed by atoms with van der Waals surface area (Å²) in [6, 6.07) is 5.76. The van der Waals surface area contributed by atoms with Gasteiger partial charge in [0.1, 0.15) is 5.75 Å². The Labute approximate surface area is 125 Å². The van der Waals surface area contributed by atoms with E-state index < -0.39 is 0 Å². The summed E-state index contributed by atoms with van der Waals surface area (Å²) in [6.07, 6.45) is 2.15. The third kappa shape index (κ3) is 3.32. The molecule has 0 saturated heterocycles. The Balaban J connectivity index is 2.37. The second kappa shape index (κ2) is 6.56. The van der Waals surface area contributed by atoms with Gasteiger partial charge in [-0.2, -0.15) is 0 Å². The summed E-state index contributed by atoms with van der Waals surface area (Å²) in [7, 11) is 1.62. The van der Waals surface area contributed by atoms with Gasteiger partial charge in [0.15, 0.2) is 5.82 Å². The molecular formula is C15H23N5O. The average Bonchev–Trinajstić information content (AvgIpc) is 2.93. The zero-order chi connectivity index (χ0) is 15.4. The second-order valence-electron chi connectivity index (χ2n) is 5.69. The molecule has 0 spiro atoms. The number of ether oxygens (including phenoxy) is 1. The lowest BCUT2D eigenvalue weighted by Crippen LogP contribution is -2.11. The van der Waals surface area contributed by atoms with Crippen molar-refractivity contribution in [2.45, 2.75) is 39.7 Å². The van der Waals surface area contributed by atoms with Gasteiger partial charge in [-0.05, 0) is 48.2 Å². The number of rotatable bonds is 6. The zero-order valence-electron chi connectivity index (χ0n) is 13.1. The topological polar surface area (TPSA) is 78.8 Å². The van der Waals surface area contributed by atoms with Crippen molar-refractivity contribution in [2.75, 3.05) is 12.8 Å². The first-order chi connectivity index (χ1) is 10.0. The summed E-state index contributed by atoms with van der Waals surface area (Å²) in [5.74, 6) is 1.99. The van der Waals surface area contributed by atoms with Crippen molar-refractivity contribution in [1.29, 1.82) is 0 Å². The van der Waals surface area contributed by atoms with Crippen molar-refractivity contribution < 1.29 is 4.74 Å². The fourth-order valence-corrected chi connectivity index (χ4v) is 2.31. The van der Waals surface area contributed by atoms with E-state index in [1.54, 1.807) is 7.11 Å². The molecule has 0 radical (unpaired) electrons. The summed E-state index contributed by atoms with van der Waals surface area (Å²) in [6.45, 7) is 6.55. The highest BCUT2D eigenvalue weighted by molar-refractivity contribution is 5.77. The first-order valence-electron chi connectivity index (χ1n) is 7.25. The van der Waals surface area contributed by atoms with Crippen molar-refractivity contribution in [3.05, 3.63) is 18.2 Å². The van der Waals surface area contributed by atoms with Crippen LogP contribution in [0.2, 0.25) is 0 Å². The van der Waals surface area contributed by atoms with Gasteiger partial charge < -0.3 is 10.5 Å². The van der Waals surface area contributed by atoms with Crippen LogP contribution in [-0.2, 0) is 0 Å². The molecule has 2 aromatic rings. The van der Waals surface area contributed by atoms with E-state index in [0.29, 0.717) is 23.2 Å². The minimum absolute atomic E-state index is 0.210. The highest BCUT2D eigenvalue weighted by Gasteiger charge is 2.20. The van der Waals surface area contributed by atoms with Crippen molar-refractivity contribution in [3.8, 4) is 17.1 Å². The summed E-state index contributed by atoms with van der Waals surface area (Å²) in [5, 5.41) is 12.1. The van der Waals surface area contributed by atoms with E-state index >= 15 is 0 Å². The summed E-state index contributed by atoms with van der Waals surface area (Å²) < 4.78 is 7.22. The van der Waals surface area contributed by atoms with Crippen LogP contribution in [0, 0.1) is 5.92 Å². The van der Waals surface area contributed by atoms with E-state index in [4.69, 9.17) is 10.5 Å². The number of hydrogen-bond acceptors (Lipinski definition) is 5. The van der Waals surface area contributed by atoms with Crippen LogP contribution in [0.5, 0.6) is 5.75 Å². The van der Waals surface area contributed by atoms with Gasteiger partial charge in [0, 0.05) is 5.69 Å². The van der Waals surface area contributed by atoms with Crippen LogP contribution in [0.25, 0.3) is 11.4 Å². The predicted molar refractivity (Wildman–Crippen MR) is 83.0 cm³/mol. The Hall–Kier alpha value is -2.11. The number of tetrazole rings is 1. The van der Waals surface area contributed by atoms with Crippen LogP contribution in [0.15, 0.2) is 18.2 Å². The molecule has 1 aromatic carbocycles. The Bertz CT molecular complexity index is 593. The minimum atomic E-state index is 0.210. The molecule has 2 rings (SSSR count). The molecule has 0 aliphatic heterocycles. The molecule has 2 N–H and O–H groups in total. The smallest absolute Gasteiger partial charge is 0.188 e. The fourth-order valence-electron chi connectivity index (χ4n) is 2.31. The summed E-state index contributed by atoms with van der Waals surface area (Å²) in [4.78, 5) is 0. The first-order valence-corrected chi connectivity index (χ1v) is 7.25. The van der Waals surface area contributed by atoms with Crippen LogP contribution in [0.4, 0.5) is 5.69 Å². The fraction of sp³-hybridized carbons (Fsp3) is 0.533. The van der Waals surface area contributed by atoms with Crippen molar-refractivity contribution >= 4 is 5.69 Å². The maximum Gasteiger partial charge on any atom is 0.188 e. The van der Waals surface area contributed by atoms with Gasteiger partial charge >= 0.3 is 0 Å². The molecule has 0 amide bonds. The maximum atomic E-state index is 6.09. The number of anilines is 1. The summed E-state index contributed by atoms with van der Waals surface area (Å²) in [5.41, 5.74) is 7.45. The molecule has 6 nitrogen and oxygen atoms in total. The number of methoxy groups -OCH3 is 1. The lowest BCUT2D eigenvalue weighted by atomic mass is 10.0. The molecule has 6 heteroatoms. The third-order valence-corrected chi connectivity index (χ3v) is 3.57. The molecule has 1 atom stereocenters. The van der Waals surface area contributed by atoms with Crippen LogP contribution in [-0.4, -0.2) is 27.3 Å². The highest BCUT2D eigenvalue weighted by Crippen LogP contribution is 2.34. The molecule has 114 valence electrons. The third-order valence-electron chi connectivity index (χ3n) is 3.57. The molecule has 1 heterocycles. The lowest BCUT2D eigenvalue weighted by Gasteiger charge is -2.16. The van der Waals surface area contributed by atoms with E-state index in [9.17, 15) is 0 Å². The standard InChI is InChI=1S/C15H23N5O/c1-10(2)8-9-11(3)20-15(17-18-19-20)14-12(16)6-5-7-13(14)21-4/h5-7,10-11H,8-9,16H2,1-4H3. The molecule has 1 unspecified atom stereocenters. The van der Waals surface area contributed by atoms with Crippen LogP contribution in [0.3, 0.4) is 0 Å². The first kappa shape index (κ1) is 15.3. The molecule has 1 aromatic heterocycles. The van der Waals surface area contributed by atoms with Gasteiger partial charge in [-0.15, -0.1) is 5.10 Å². The number of aromatic nitrogens is 4. The Morgan fingerprint density at radius 1 is 1.24 bits per heavy atom. The van der Waals surface area contributed by atoms with Crippen LogP contribution >= 0.6 is 0 Å². The molecule has 0 bridgehead atoms. The number of nitrogens with two attached hydrogens (primary N) is 1. The zero-order valence-corrected chi connectivity index (χ0v) is 13.1. The van der Waals surface area contributed by atoms with E-state index in [1.165, 1.54) is 0 Å². The van der Waals surface area contributed by atoms with E-state index in [-0.39, 0.29) is 6.04 Å². The second-order valence-corrected chi connectivity index (χ2v) is 5.69. The lowest BCUT2D eigenvalue weighted by molar-refractivity contribution is 0.402. The summed E-state index contributed by atoms with van der Waals surface area (Å²) >= 11 is 0. The van der Waals surface area contributed by atoms with Crippen LogP contribution < -0.4 is 10.5 Å². The largest absolute Gasteiger partial charge is 0.496 e. The molecular weight excluding hydrogens is 266 g/mol. The number of nitrogens with zero attached hydrogens (tertiary/aromatic N) is 4. The predicted octanol–water partition coefficient (Wildman–Crippen LogP) is 2.93. The van der Waals surface area contributed by atoms with Crippen molar-refractivity contribution in [1.82, 2.24) is 20.2 Å². The van der Waals surface area contributed by atoms with Crippen molar-refractivity contribution in [3.63, 3.8) is 0 Å². The number of hydrogen-bond donors (Lipinski definition) is 1. The van der Waals surface area contributed by atoms with Gasteiger partial charge in [0.25, 0.3) is 0 Å². The van der Waals surface area contributed by atoms with Crippen molar-refractivity contribution in [2.24, 2.45) is 5.92 Å². The van der Waals surface area contributed by atoms with E-state index in [0.717, 1.165) is 18.4 Å². The molecule has 21 heavy (non-hydrogen) atoms. The van der Waals surface area contributed by atoms with Gasteiger partial charge in [-0.3, -0.25) is 0 Å².